The van der Waals surface area contributed by atoms with Gasteiger partial charge < -0.3 is 5.11 Å². The van der Waals surface area contributed by atoms with Crippen LogP contribution in [0.25, 0.3) is 6.08 Å². The fraction of sp³-hybridized carbons (Fsp3) is 0. The first-order chi connectivity index (χ1) is 9.56. The molecule has 0 heterocycles. The summed E-state index contributed by atoms with van der Waals surface area (Å²) in [5.74, 6) is -0.172. The molecule has 0 bridgehead atoms. The van der Waals surface area contributed by atoms with Gasteiger partial charge in [0.05, 0.1) is 4.92 Å². The first-order valence-corrected chi connectivity index (χ1v) is 5.82. The summed E-state index contributed by atoms with van der Waals surface area (Å²) in [6, 6.07) is 11.9. The van der Waals surface area contributed by atoms with Crippen LogP contribution in [0.2, 0.25) is 0 Å². The standard InChI is InChI=1S/C15H11NO4/c17-14-7-4-11(5-8-14)6-9-15(18)12-2-1-3-13(10-12)16(19)20/h1-10,17H/b9-6+. The van der Waals surface area contributed by atoms with Crippen LogP contribution in [-0.4, -0.2) is 15.8 Å². The number of non-ortho nitro benzene ring substituents is 1. The SMILES string of the molecule is O=C(/C=C/c1ccc(O)cc1)c1cccc([N+](=O)[O-])c1. The van der Waals surface area contributed by atoms with Crippen molar-refractivity contribution in [2.45, 2.75) is 0 Å². The number of allylic oxidation sites excluding steroid dienone is 1. The quantitative estimate of drug-likeness (QED) is 0.400. The maximum Gasteiger partial charge on any atom is 0.270 e. The molecule has 0 aromatic heterocycles. The van der Waals surface area contributed by atoms with Crippen LogP contribution in [0.4, 0.5) is 5.69 Å². The van der Waals surface area contributed by atoms with Gasteiger partial charge in [0.15, 0.2) is 5.78 Å². The number of hydrogen-bond donors (Lipinski definition) is 1. The van der Waals surface area contributed by atoms with Crippen LogP contribution in [-0.2, 0) is 0 Å². The molecular formula is C15H11NO4. The molecule has 0 aliphatic heterocycles. The maximum atomic E-state index is 11.9. The van der Waals surface area contributed by atoms with E-state index in [1.807, 2.05) is 0 Å². The molecule has 5 nitrogen and oxygen atoms in total. The van der Waals surface area contributed by atoms with Crippen LogP contribution in [0, 0.1) is 10.1 Å². The molecule has 0 atom stereocenters. The number of carbonyl (C=O) groups is 1. The Morgan fingerprint density at radius 1 is 1.15 bits per heavy atom. The molecular weight excluding hydrogens is 258 g/mol. The van der Waals surface area contributed by atoms with E-state index in [9.17, 15) is 14.9 Å². The summed E-state index contributed by atoms with van der Waals surface area (Å²) in [6.07, 6.45) is 2.92. The third-order valence-corrected chi connectivity index (χ3v) is 2.66. The van der Waals surface area contributed by atoms with Crippen molar-refractivity contribution in [3.8, 4) is 5.75 Å². The van der Waals surface area contributed by atoms with Crippen molar-refractivity contribution >= 4 is 17.5 Å². The van der Waals surface area contributed by atoms with E-state index in [1.165, 1.54) is 42.5 Å². The van der Waals surface area contributed by atoms with E-state index in [-0.39, 0.29) is 22.8 Å². The molecule has 2 aromatic rings. The number of ketones is 1. The fourth-order valence-corrected chi connectivity index (χ4v) is 1.63. The lowest BCUT2D eigenvalue weighted by molar-refractivity contribution is -0.384. The van der Waals surface area contributed by atoms with Gasteiger partial charge in [0, 0.05) is 17.7 Å². The topological polar surface area (TPSA) is 80.4 Å². The van der Waals surface area contributed by atoms with Crippen LogP contribution >= 0.6 is 0 Å². The number of phenolic OH excluding ortho intramolecular Hbond substituents is 1. The summed E-state index contributed by atoms with van der Waals surface area (Å²) in [5, 5.41) is 19.8. The minimum Gasteiger partial charge on any atom is -0.508 e. The number of hydrogen-bond acceptors (Lipinski definition) is 4. The molecule has 0 saturated heterocycles. The predicted molar refractivity (Wildman–Crippen MR) is 74.6 cm³/mol. The van der Waals surface area contributed by atoms with Gasteiger partial charge in [0.25, 0.3) is 5.69 Å². The van der Waals surface area contributed by atoms with E-state index in [1.54, 1.807) is 18.2 Å². The van der Waals surface area contributed by atoms with Gasteiger partial charge in [-0.3, -0.25) is 14.9 Å². The van der Waals surface area contributed by atoms with Crippen molar-refractivity contribution in [1.82, 2.24) is 0 Å². The molecule has 0 saturated carbocycles. The second-order valence-corrected chi connectivity index (χ2v) is 4.10. The molecule has 0 aliphatic carbocycles. The Morgan fingerprint density at radius 3 is 2.50 bits per heavy atom. The molecule has 1 N–H and O–H groups in total. The smallest absolute Gasteiger partial charge is 0.270 e. The Hall–Kier alpha value is -2.95. The number of nitrogens with zero attached hydrogens (tertiary/aromatic N) is 1. The van der Waals surface area contributed by atoms with Crippen molar-refractivity contribution in [1.29, 1.82) is 0 Å². The van der Waals surface area contributed by atoms with Gasteiger partial charge in [-0.2, -0.15) is 0 Å². The van der Waals surface area contributed by atoms with Crippen molar-refractivity contribution in [3.63, 3.8) is 0 Å². The van der Waals surface area contributed by atoms with E-state index in [2.05, 4.69) is 0 Å². The van der Waals surface area contributed by atoms with E-state index >= 15 is 0 Å². The first kappa shape index (κ1) is 13.5. The lowest BCUT2D eigenvalue weighted by atomic mass is 10.1. The maximum absolute atomic E-state index is 11.9. The molecule has 0 fully saturated rings. The van der Waals surface area contributed by atoms with Crippen molar-refractivity contribution in [2.75, 3.05) is 0 Å². The Bertz CT molecular complexity index is 675. The highest BCUT2D eigenvalue weighted by Crippen LogP contribution is 2.15. The second-order valence-electron chi connectivity index (χ2n) is 4.10. The zero-order valence-electron chi connectivity index (χ0n) is 10.4. The van der Waals surface area contributed by atoms with Crippen LogP contribution < -0.4 is 0 Å². The fourth-order valence-electron chi connectivity index (χ4n) is 1.63. The highest BCUT2D eigenvalue weighted by molar-refractivity contribution is 6.07. The molecule has 0 amide bonds. The lowest BCUT2D eigenvalue weighted by Gasteiger charge is -1.97. The number of nitro groups is 1. The Labute approximate surface area is 115 Å². The highest BCUT2D eigenvalue weighted by Gasteiger charge is 2.09. The lowest BCUT2D eigenvalue weighted by Crippen LogP contribution is -1.96. The third-order valence-electron chi connectivity index (χ3n) is 2.66. The van der Waals surface area contributed by atoms with Gasteiger partial charge in [-0.25, -0.2) is 0 Å². The Morgan fingerprint density at radius 2 is 1.85 bits per heavy atom. The van der Waals surface area contributed by atoms with Crippen molar-refractivity contribution in [2.24, 2.45) is 0 Å². The van der Waals surface area contributed by atoms with Gasteiger partial charge in [0.1, 0.15) is 5.75 Å². The summed E-state index contributed by atoms with van der Waals surface area (Å²) in [4.78, 5) is 22.0. The largest absolute Gasteiger partial charge is 0.508 e. The summed E-state index contributed by atoms with van der Waals surface area (Å²) in [6.45, 7) is 0. The first-order valence-electron chi connectivity index (χ1n) is 5.82. The number of carbonyl (C=O) groups excluding carboxylic acids is 1. The normalized spacial score (nSPS) is 10.6. The second kappa shape index (κ2) is 5.79. The van der Waals surface area contributed by atoms with Crippen LogP contribution in [0.3, 0.4) is 0 Å². The van der Waals surface area contributed by atoms with Gasteiger partial charge in [-0.05, 0) is 23.8 Å². The third kappa shape index (κ3) is 3.29. The molecule has 20 heavy (non-hydrogen) atoms. The van der Waals surface area contributed by atoms with Crippen LogP contribution in [0.5, 0.6) is 5.75 Å². The van der Waals surface area contributed by atoms with Crippen molar-refractivity contribution < 1.29 is 14.8 Å². The molecule has 0 spiro atoms. The Kier molecular flexibility index (Phi) is 3.91. The van der Waals surface area contributed by atoms with Gasteiger partial charge >= 0.3 is 0 Å². The molecule has 2 aromatic carbocycles. The van der Waals surface area contributed by atoms with E-state index in [0.717, 1.165) is 5.56 Å². The monoisotopic (exact) mass is 269 g/mol. The molecule has 0 unspecified atom stereocenters. The zero-order valence-corrected chi connectivity index (χ0v) is 10.4. The number of aromatic hydroxyl groups is 1. The Balaban J connectivity index is 2.17. The minimum absolute atomic E-state index is 0.117. The van der Waals surface area contributed by atoms with Crippen molar-refractivity contribution in [3.05, 3.63) is 75.8 Å². The summed E-state index contributed by atoms with van der Waals surface area (Å²) in [7, 11) is 0. The van der Waals surface area contributed by atoms with E-state index in [0.29, 0.717) is 0 Å². The number of phenols is 1. The molecule has 0 aliphatic rings. The van der Waals surface area contributed by atoms with E-state index < -0.39 is 4.92 Å². The summed E-state index contributed by atoms with van der Waals surface area (Å²) < 4.78 is 0. The van der Waals surface area contributed by atoms with Crippen LogP contribution in [0.1, 0.15) is 15.9 Å². The van der Waals surface area contributed by atoms with E-state index in [4.69, 9.17) is 5.11 Å². The molecule has 5 heteroatoms. The number of rotatable bonds is 4. The summed E-state index contributed by atoms with van der Waals surface area (Å²) >= 11 is 0. The number of nitro benzene ring substituents is 1. The minimum atomic E-state index is -0.541. The molecule has 2 rings (SSSR count). The number of benzene rings is 2. The molecule has 0 radical (unpaired) electrons. The van der Waals surface area contributed by atoms with Crippen LogP contribution in [0.15, 0.2) is 54.6 Å². The molecule has 100 valence electrons. The summed E-state index contributed by atoms with van der Waals surface area (Å²) in [5.41, 5.74) is 0.893. The average molecular weight is 269 g/mol. The highest BCUT2D eigenvalue weighted by atomic mass is 16.6. The zero-order chi connectivity index (χ0) is 14.5. The van der Waals surface area contributed by atoms with Gasteiger partial charge in [-0.15, -0.1) is 0 Å². The predicted octanol–water partition coefficient (Wildman–Crippen LogP) is 3.20. The van der Waals surface area contributed by atoms with Gasteiger partial charge in [0.2, 0.25) is 0 Å². The van der Waals surface area contributed by atoms with Gasteiger partial charge in [-0.1, -0.05) is 30.3 Å². The average Bonchev–Trinajstić information content (AvgIpc) is 2.46.